The van der Waals surface area contributed by atoms with E-state index < -0.39 is 6.04 Å². The van der Waals surface area contributed by atoms with Crippen LogP contribution in [0.25, 0.3) is 10.9 Å². The van der Waals surface area contributed by atoms with Crippen LogP contribution in [0, 0.1) is 0 Å². The number of benzene rings is 1. The lowest BCUT2D eigenvalue weighted by atomic mass is 10.0. The summed E-state index contributed by atoms with van der Waals surface area (Å²) in [7, 11) is 1.64. The zero-order valence-electron chi connectivity index (χ0n) is 19.9. The Morgan fingerprint density at radius 1 is 1.14 bits per heavy atom. The maximum absolute atomic E-state index is 13.4. The van der Waals surface area contributed by atoms with Crippen LogP contribution < -0.4 is 15.0 Å². The lowest BCUT2D eigenvalue weighted by Crippen LogP contribution is -2.48. The summed E-state index contributed by atoms with van der Waals surface area (Å²) in [6.07, 6.45) is 1.69. The number of piperazine rings is 1. The van der Waals surface area contributed by atoms with Gasteiger partial charge in [-0.25, -0.2) is 4.68 Å². The molecule has 5 heterocycles. The smallest absolute Gasteiger partial charge is 0.253 e. The Morgan fingerprint density at radius 2 is 1.97 bits per heavy atom. The summed E-state index contributed by atoms with van der Waals surface area (Å²) in [6.45, 7) is 4.98. The fourth-order valence-corrected chi connectivity index (χ4v) is 4.86. The van der Waals surface area contributed by atoms with Crippen LogP contribution in [-0.4, -0.2) is 81.7 Å². The topological polar surface area (TPSA) is 124 Å². The van der Waals surface area contributed by atoms with Crippen LogP contribution in [0.15, 0.2) is 45.8 Å². The zero-order valence-corrected chi connectivity index (χ0v) is 19.9. The number of pyridine rings is 1. The monoisotopic (exact) mass is 493 g/mol. The van der Waals surface area contributed by atoms with Crippen molar-refractivity contribution in [3.8, 4) is 11.5 Å². The third-order valence-electron chi connectivity index (χ3n) is 6.70. The average molecular weight is 494 g/mol. The normalized spacial score (nSPS) is 17.1. The van der Waals surface area contributed by atoms with E-state index in [-0.39, 0.29) is 12.4 Å². The van der Waals surface area contributed by atoms with Gasteiger partial charge in [0, 0.05) is 50.3 Å². The van der Waals surface area contributed by atoms with Gasteiger partial charge in [-0.1, -0.05) is 0 Å². The summed E-state index contributed by atoms with van der Waals surface area (Å²) in [6, 6.07) is 9.06. The number of nitrogens with one attached hydrogen (secondary N) is 1. The van der Waals surface area contributed by atoms with E-state index in [2.05, 4.69) is 30.3 Å². The first kappa shape index (κ1) is 22.7. The van der Waals surface area contributed by atoms with Crippen molar-refractivity contribution in [1.82, 2.24) is 35.0 Å². The van der Waals surface area contributed by atoms with E-state index in [4.69, 9.17) is 18.6 Å². The molecule has 2 aliphatic rings. The van der Waals surface area contributed by atoms with Crippen LogP contribution in [0.1, 0.15) is 23.2 Å². The molecule has 0 radical (unpaired) electrons. The first-order chi connectivity index (χ1) is 17.7. The molecule has 36 heavy (non-hydrogen) atoms. The number of fused-ring (bicyclic) bond motifs is 2. The lowest BCUT2D eigenvalue weighted by molar-refractivity contribution is 0.0940. The van der Waals surface area contributed by atoms with Crippen molar-refractivity contribution < 1.29 is 18.6 Å². The van der Waals surface area contributed by atoms with Gasteiger partial charge in [-0.2, -0.15) is 0 Å². The molecular weight excluding hydrogens is 466 g/mol. The molecule has 12 heteroatoms. The summed E-state index contributed by atoms with van der Waals surface area (Å²) >= 11 is 0. The summed E-state index contributed by atoms with van der Waals surface area (Å²) < 4.78 is 23.5. The highest BCUT2D eigenvalue weighted by molar-refractivity contribution is 5.83. The predicted molar refractivity (Wildman–Crippen MR) is 128 cm³/mol. The number of ether oxygens (including phenoxy) is 3. The van der Waals surface area contributed by atoms with Gasteiger partial charge in [0.1, 0.15) is 11.8 Å². The van der Waals surface area contributed by atoms with E-state index in [0.29, 0.717) is 41.6 Å². The Morgan fingerprint density at radius 3 is 2.75 bits per heavy atom. The van der Waals surface area contributed by atoms with Crippen LogP contribution >= 0.6 is 0 Å². The van der Waals surface area contributed by atoms with Gasteiger partial charge in [0.05, 0.1) is 31.5 Å². The number of tetrazole rings is 1. The van der Waals surface area contributed by atoms with Crippen molar-refractivity contribution in [1.29, 1.82) is 0 Å². The minimum atomic E-state index is -0.429. The molecule has 0 saturated carbocycles. The second-order valence-electron chi connectivity index (χ2n) is 8.89. The molecule has 1 atom stereocenters. The van der Waals surface area contributed by atoms with Gasteiger partial charge in [-0.05, 0) is 34.7 Å². The van der Waals surface area contributed by atoms with E-state index in [1.165, 1.54) is 0 Å². The van der Waals surface area contributed by atoms with E-state index in [9.17, 15) is 4.79 Å². The SMILES string of the molecule is COCCn1nnnc1C(c1cc2cc3c(cc2[nH]c1=O)OCO3)N1CCN(Cc2ccco2)CC1. The second-order valence-corrected chi connectivity index (χ2v) is 8.89. The van der Waals surface area contributed by atoms with Gasteiger partial charge in [0.25, 0.3) is 5.56 Å². The van der Waals surface area contributed by atoms with Crippen molar-refractivity contribution in [2.24, 2.45) is 0 Å². The van der Waals surface area contributed by atoms with Crippen LogP contribution in [0.5, 0.6) is 11.5 Å². The second kappa shape index (κ2) is 9.72. The van der Waals surface area contributed by atoms with Gasteiger partial charge in [0.2, 0.25) is 6.79 Å². The molecule has 1 aromatic carbocycles. The van der Waals surface area contributed by atoms with Crippen molar-refractivity contribution in [2.75, 3.05) is 46.7 Å². The fraction of sp³-hybridized carbons (Fsp3) is 0.417. The first-order valence-corrected chi connectivity index (χ1v) is 11.9. The quantitative estimate of drug-likeness (QED) is 0.385. The molecule has 0 bridgehead atoms. The van der Waals surface area contributed by atoms with Crippen molar-refractivity contribution in [3.63, 3.8) is 0 Å². The van der Waals surface area contributed by atoms with Crippen molar-refractivity contribution in [2.45, 2.75) is 19.1 Å². The fourth-order valence-electron chi connectivity index (χ4n) is 4.86. The molecule has 1 unspecified atom stereocenters. The number of aromatic amines is 1. The molecule has 1 fully saturated rings. The van der Waals surface area contributed by atoms with Gasteiger partial charge in [-0.15, -0.1) is 5.10 Å². The molecule has 0 aliphatic carbocycles. The van der Waals surface area contributed by atoms with Crippen molar-refractivity contribution >= 4 is 10.9 Å². The van der Waals surface area contributed by atoms with Gasteiger partial charge >= 0.3 is 0 Å². The number of H-pyrrole nitrogens is 1. The molecule has 3 aromatic heterocycles. The third kappa shape index (κ3) is 4.34. The number of rotatable bonds is 8. The van der Waals surface area contributed by atoms with Gasteiger partial charge in [-0.3, -0.25) is 14.6 Å². The maximum atomic E-state index is 13.4. The Bertz CT molecular complexity index is 1390. The lowest BCUT2D eigenvalue weighted by Gasteiger charge is -2.38. The van der Waals surface area contributed by atoms with Crippen molar-refractivity contribution in [3.05, 3.63) is 64.1 Å². The zero-order chi connectivity index (χ0) is 24.5. The molecular formula is C24H27N7O5. The molecule has 6 rings (SSSR count). The number of nitrogens with zero attached hydrogens (tertiary/aromatic N) is 6. The molecule has 188 valence electrons. The highest BCUT2D eigenvalue weighted by Crippen LogP contribution is 2.36. The first-order valence-electron chi connectivity index (χ1n) is 11.9. The number of hydrogen-bond donors (Lipinski definition) is 1. The van der Waals surface area contributed by atoms with Gasteiger partial charge < -0.3 is 23.6 Å². The highest BCUT2D eigenvalue weighted by Gasteiger charge is 2.33. The number of aromatic nitrogens is 5. The summed E-state index contributed by atoms with van der Waals surface area (Å²) in [5.41, 5.74) is 1.08. The molecule has 1 N–H and O–H groups in total. The van der Waals surface area contributed by atoms with E-state index in [1.807, 2.05) is 24.3 Å². The molecule has 0 amide bonds. The van der Waals surface area contributed by atoms with Gasteiger partial charge in [0.15, 0.2) is 17.3 Å². The highest BCUT2D eigenvalue weighted by atomic mass is 16.7. The number of hydrogen-bond acceptors (Lipinski definition) is 10. The Hall–Kier alpha value is -3.74. The Balaban J connectivity index is 1.35. The molecule has 4 aromatic rings. The Kier molecular flexibility index (Phi) is 6.13. The van der Waals surface area contributed by atoms with Crippen LogP contribution in [0.3, 0.4) is 0 Å². The average Bonchev–Trinajstić information content (AvgIpc) is 3.66. The standard InChI is InChI=1S/C24H27N7O5/c1-33-10-8-31-23(26-27-28-31)22(30-6-4-29(5-7-30)14-17-3-2-9-34-17)18-11-16-12-20-21(36-15-35-20)13-19(16)25-24(18)32/h2-3,9,11-13,22H,4-8,10,14-15H2,1H3,(H,25,32). The van der Waals surface area contributed by atoms with Crippen LogP contribution in [-0.2, 0) is 17.8 Å². The summed E-state index contributed by atoms with van der Waals surface area (Å²) in [5.74, 6) is 2.83. The minimum Gasteiger partial charge on any atom is -0.468 e. The predicted octanol–water partition coefficient (Wildman–Crippen LogP) is 1.39. The Labute approximate surface area is 206 Å². The largest absolute Gasteiger partial charge is 0.468 e. The molecule has 2 aliphatic heterocycles. The molecule has 12 nitrogen and oxygen atoms in total. The maximum Gasteiger partial charge on any atom is 0.253 e. The van der Waals surface area contributed by atoms with E-state index >= 15 is 0 Å². The summed E-state index contributed by atoms with van der Waals surface area (Å²) in [5, 5.41) is 13.3. The van der Waals surface area contributed by atoms with E-state index in [1.54, 1.807) is 24.1 Å². The van der Waals surface area contributed by atoms with E-state index in [0.717, 1.165) is 43.9 Å². The number of furan rings is 1. The third-order valence-corrected chi connectivity index (χ3v) is 6.70. The minimum absolute atomic E-state index is 0.169. The van der Waals surface area contributed by atoms with Crippen LogP contribution in [0.2, 0.25) is 0 Å². The van der Waals surface area contributed by atoms with Crippen LogP contribution in [0.4, 0.5) is 0 Å². The number of methoxy groups -OCH3 is 1. The summed E-state index contributed by atoms with van der Waals surface area (Å²) in [4.78, 5) is 21.1. The molecule has 1 saturated heterocycles. The molecule has 0 spiro atoms.